The number of hydrogen-bond donors (Lipinski definition) is 1. The monoisotopic (exact) mass is 339 g/mol. The summed E-state index contributed by atoms with van der Waals surface area (Å²) in [5.41, 5.74) is 2.27. The summed E-state index contributed by atoms with van der Waals surface area (Å²) in [6.45, 7) is 4.67. The van der Waals surface area contributed by atoms with Crippen LogP contribution in [0, 0.1) is 0 Å². The number of fused-ring (bicyclic) bond motifs is 1. The highest BCUT2D eigenvalue weighted by molar-refractivity contribution is 8.00. The van der Waals surface area contributed by atoms with E-state index in [2.05, 4.69) is 29.4 Å². The number of imidazole rings is 1. The summed E-state index contributed by atoms with van der Waals surface area (Å²) in [5, 5.41) is 3.69. The Bertz CT molecular complexity index is 816. The zero-order valence-electron chi connectivity index (χ0n) is 13.8. The molecular formula is C19H21N3OS. The van der Waals surface area contributed by atoms with Crippen LogP contribution in [0.2, 0.25) is 0 Å². The summed E-state index contributed by atoms with van der Waals surface area (Å²) in [6, 6.07) is 16.2. The molecule has 0 radical (unpaired) electrons. The highest BCUT2D eigenvalue weighted by Gasteiger charge is 2.17. The van der Waals surface area contributed by atoms with Gasteiger partial charge in [-0.2, -0.15) is 0 Å². The van der Waals surface area contributed by atoms with Crippen molar-refractivity contribution >= 4 is 23.2 Å². The first-order chi connectivity index (χ1) is 11.6. The van der Waals surface area contributed by atoms with E-state index in [1.165, 1.54) is 17.3 Å². The van der Waals surface area contributed by atoms with Crippen LogP contribution in [0.15, 0.2) is 66.1 Å². The Balaban J connectivity index is 1.57. The highest BCUT2D eigenvalue weighted by Crippen LogP contribution is 2.23. The zero-order valence-corrected chi connectivity index (χ0v) is 14.7. The average molecular weight is 339 g/mol. The first-order valence-electron chi connectivity index (χ1n) is 8.06. The minimum Gasteiger partial charge on any atom is -0.355 e. The summed E-state index contributed by atoms with van der Waals surface area (Å²) in [4.78, 5) is 16.8. The molecule has 0 bridgehead atoms. The van der Waals surface area contributed by atoms with E-state index < -0.39 is 0 Å². The molecule has 1 amide bonds. The van der Waals surface area contributed by atoms with Gasteiger partial charge in [0.25, 0.3) is 0 Å². The number of nitrogens with zero attached hydrogens (tertiary/aromatic N) is 2. The number of carbonyl (C=O) groups excluding carboxylic acids is 1. The van der Waals surface area contributed by atoms with Gasteiger partial charge in [0.15, 0.2) is 5.16 Å². The minimum absolute atomic E-state index is 0.0375. The number of aromatic nitrogens is 2. The van der Waals surface area contributed by atoms with Gasteiger partial charge >= 0.3 is 0 Å². The molecule has 0 aliphatic heterocycles. The van der Waals surface area contributed by atoms with Crippen LogP contribution in [0.1, 0.15) is 25.3 Å². The van der Waals surface area contributed by atoms with Crippen LogP contribution in [-0.2, 0) is 4.79 Å². The van der Waals surface area contributed by atoms with E-state index in [9.17, 15) is 4.79 Å². The molecule has 0 saturated heterocycles. The van der Waals surface area contributed by atoms with Crippen LogP contribution < -0.4 is 5.32 Å². The molecule has 2 aromatic heterocycles. The molecular weight excluding hydrogens is 318 g/mol. The van der Waals surface area contributed by atoms with Gasteiger partial charge in [-0.25, -0.2) is 4.98 Å². The maximum atomic E-state index is 12.4. The van der Waals surface area contributed by atoms with Crippen molar-refractivity contribution in [1.82, 2.24) is 14.7 Å². The quantitative estimate of drug-likeness (QED) is 0.696. The molecule has 0 aliphatic rings. The number of benzene rings is 1. The largest absolute Gasteiger partial charge is 0.355 e. The number of hydrogen-bond acceptors (Lipinski definition) is 3. The second-order valence-corrected chi connectivity index (χ2v) is 7.16. The molecule has 0 spiro atoms. The van der Waals surface area contributed by atoms with Crippen LogP contribution in [0.25, 0.3) is 5.52 Å². The summed E-state index contributed by atoms with van der Waals surface area (Å²) in [6.07, 6.45) is 3.79. The first-order valence-corrected chi connectivity index (χ1v) is 8.94. The third-order valence-corrected chi connectivity index (χ3v) is 5.09. The molecule has 3 aromatic rings. The van der Waals surface area contributed by atoms with E-state index in [0.717, 1.165) is 10.7 Å². The van der Waals surface area contributed by atoms with Gasteiger partial charge in [0.1, 0.15) is 0 Å². The van der Waals surface area contributed by atoms with Crippen LogP contribution >= 0.6 is 11.8 Å². The highest BCUT2D eigenvalue weighted by atomic mass is 32.2. The Morgan fingerprint density at radius 2 is 1.92 bits per heavy atom. The third-order valence-electron chi connectivity index (χ3n) is 4.01. The second-order valence-electron chi connectivity index (χ2n) is 5.85. The van der Waals surface area contributed by atoms with Crippen molar-refractivity contribution < 1.29 is 4.79 Å². The third kappa shape index (κ3) is 3.79. The van der Waals surface area contributed by atoms with Gasteiger partial charge < -0.3 is 5.32 Å². The maximum absolute atomic E-state index is 12.4. The average Bonchev–Trinajstić information content (AvgIpc) is 3.03. The fourth-order valence-electron chi connectivity index (χ4n) is 2.51. The SMILES string of the molecule is CC(Sc1ncc2ccccn12)C(=O)NCC(C)c1ccccc1. The minimum atomic E-state index is -0.196. The molecule has 5 heteroatoms. The number of carbonyl (C=O) groups is 1. The topological polar surface area (TPSA) is 46.4 Å². The van der Waals surface area contributed by atoms with Gasteiger partial charge in [0.05, 0.1) is 17.0 Å². The van der Waals surface area contributed by atoms with E-state index >= 15 is 0 Å². The van der Waals surface area contributed by atoms with E-state index in [1.54, 1.807) is 0 Å². The lowest BCUT2D eigenvalue weighted by atomic mass is 10.0. The van der Waals surface area contributed by atoms with Crippen LogP contribution in [-0.4, -0.2) is 27.1 Å². The Kier molecular flexibility index (Phi) is 5.20. The van der Waals surface area contributed by atoms with E-state index in [4.69, 9.17) is 0 Å². The van der Waals surface area contributed by atoms with E-state index in [1.807, 2.05) is 60.1 Å². The maximum Gasteiger partial charge on any atom is 0.233 e. The lowest BCUT2D eigenvalue weighted by molar-refractivity contribution is -0.120. The van der Waals surface area contributed by atoms with Crippen LogP contribution in [0.5, 0.6) is 0 Å². The Morgan fingerprint density at radius 1 is 1.17 bits per heavy atom. The number of thioether (sulfide) groups is 1. The zero-order chi connectivity index (χ0) is 16.9. The molecule has 24 heavy (non-hydrogen) atoms. The smallest absolute Gasteiger partial charge is 0.233 e. The molecule has 1 aromatic carbocycles. The molecule has 1 N–H and O–H groups in total. The predicted molar refractivity (Wildman–Crippen MR) is 98.4 cm³/mol. The van der Waals surface area contributed by atoms with Gasteiger partial charge in [-0.05, 0) is 30.5 Å². The molecule has 3 rings (SSSR count). The fraction of sp³-hybridized carbons (Fsp3) is 0.263. The predicted octanol–water partition coefficient (Wildman–Crippen LogP) is 3.73. The standard InChI is InChI=1S/C19H21N3OS/c1-14(16-8-4-3-5-9-16)12-20-18(23)15(2)24-19-21-13-17-10-6-7-11-22(17)19/h3-11,13-15H,12H2,1-2H3,(H,20,23). The van der Waals surface area contributed by atoms with Gasteiger partial charge in [-0.3, -0.25) is 9.20 Å². The molecule has 2 atom stereocenters. The lowest BCUT2D eigenvalue weighted by Crippen LogP contribution is -2.33. The van der Waals surface area contributed by atoms with Crippen molar-refractivity contribution in [3.05, 3.63) is 66.5 Å². The summed E-state index contributed by atoms with van der Waals surface area (Å²) < 4.78 is 2.00. The Morgan fingerprint density at radius 3 is 2.71 bits per heavy atom. The van der Waals surface area contributed by atoms with Gasteiger partial charge in [-0.1, -0.05) is 55.1 Å². The van der Waals surface area contributed by atoms with Gasteiger partial charge in [-0.15, -0.1) is 0 Å². The van der Waals surface area contributed by atoms with Crippen molar-refractivity contribution in [3.8, 4) is 0 Å². The van der Waals surface area contributed by atoms with Crippen molar-refractivity contribution in [2.45, 2.75) is 30.2 Å². The van der Waals surface area contributed by atoms with Crippen LogP contribution in [0.3, 0.4) is 0 Å². The van der Waals surface area contributed by atoms with E-state index in [-0.39, 0.29) is 11.2 Å². The second kappa shape index (κ2) is 7.53. The lowest BCUT2D eigenvalue weighted by Gasteiger charge is -2.15. The van der Waals surface area contributed by atoms with Gasteiger partial charge in [0.2, 0.25) is 5.91 Å². The summed E-state index contributed by atoms with van der Waals surface area (Å²) in [7, 11) is 0. The molecule has 4 nitrogen and oxygen atoms in total. The van der Waals surface area contributed by atoms with Crippen molar-refractivity contribution in [2.24, 2.45) is 0 Å². The molecule has 0 aliphatic carbocycles. The summed E-state index contributed by atoms with van der Waals surface area (Å²) >= 11 is 1.48. The molecule has 0 saturated carbocycles. The Hall–Kier alpha value is -2.27. The number of pyridine rings is 1. The number of rotatable bonds is 6. The first kappa shape index (κ1) is 16.6. The van der Waals surface area contributed by atoms with Gasteiger partial charge in [0, 0.05) is 12.7 Å². The van der Waals surface area contributed by atoms with Crippen molar-refractivity contribution in [3.63, 3.8) is 0 Å². The van der Waals surface area contributed by atoms with Crippen molar-refractivity contribution in [2.75, 3.05) is 6.54 Å². The Labute approximate surface area is 146 Å². The normalized spacial score (nSPS) is 13.6. The fourth-order valence-corrected chi connectivity index (χ4v) is 3.41. The van der Waals surface area contributed by atoms with Crippen molar-refractivity contribution in [1.29, 1.82) is 0 Å². The molecule has 2 heterocycles. The molecule has 2 unspecified atom stereocenters. The van der Waals surface area contributed by atoms with E-state index in [0.29, 0.717) is 12.5 Å². The summed E-state index contributed by atoms with van der Waals surface area (Å²) in [5.74, 6) is 0.329. The number of amides is 1. The molecule has 124 valence electrons. The molecule has 0 fully saturated rings. The number of nitrogens with one attached hydrogen (secondary N) is 1. The van der Waals surface area contributed by atoms with Crippen LogP contribution in [0.4, 0.5) is 0 Å².